The van der Waals surface area contributed by atoms with Crippen molar-refractivity contribution in [3.05, 3.63) is 64.7 Å². The van der Waals surface area contributed by atoms with Crippen molar-refractivity contribution in [2.45, 2.75) is 39.2 Å². The Kier molecular flexibility index (Phi) is 7.08. The van der Waals surface area contributed by atoms with Gasteiger partial charge in [0.25, 0.3) is 5.56 Å². The summed E-state index contributed by atoms with van der Waals surface area (Å²) in [5, 5.41) is 0.538. The molecule has 0 saturated heterocycles. The van der Waals surface area contributed by atoms with Crippen LogP contribution in [0.3, 0.4) is 0 Å². The van der Waals surface area contributed by atoms with Crippen molar-refractivity contribution < 1.29 is 14.3 Å². The fourth-order valence-corrected chi connectivity index (χ4v) is 4.25. The Balaban J connectivity index is 1.84. The molecule has 1 amide bonds. The summed E-state index contributed by atoms with van der Waals surface area (Å²) in [6.07, 6.45) is 2.89. The normalized spacial score (nSPS) is 14.6. The molecule has 1 saturated carbocycles. The van der Waals surface area contributed by atoms with Crippen molar-refractivity contribution in [3.8, 4) is 11.4 Å². The van der Waals surface area contributed by atoms with Crippen LogP contribution in [-0.2, 0) is 9.53 Å². The van der Waals surface area contributed by atoms with Gasteiger partial charge in [0.05, 0.1) is 35.8 Å². The molecule has 33 heavy (non-hydrogen) atoms. The third-order valence-electron chi connectivity index (χ3n) is 6.32. The maximum Gasteiger partial charge on any atom is 0.266 e. The summed E-state index contributed by atoms with van der Waals surface area (Å²) in [5.41, 5.74) is 1.15. The number of fused-ring (bicyclic) bond motifs is 1. The summed E-state index contributed by atoms with van der Waals surface area (Å²) in [6, 6.07) is 14.3. The second-order valence-corrected chi connectivity index (χ2v) is 8.38. The van der Waals surface area contributed by atoms with Crippen molar-refractivity contribution in [1.29, 1.82) is 0 Å². The molecule has 3 aromatic rings. The topological polar surface area (TPSA) is 73.7 Å². The van der Waals surface area contributed by atoms with Crippen molar-refractivity contribution in [1.82, 2.24) is 14.5 Å². The molecule has 0 spiro atoms. The van der Waals surface area contributed by atoms with Crippen LogP contribution < -0.4 is 10.3 Å². The van der Waals surface area contributed by atoms with E-state index in [-0.39, 0.29) is 17.4 Å². The Labute approximate surface area is 194 Å². The number of aromatic nitrogens is 2. The summed E-state index contributed by atoms with van der Waals surface area (Å²) in [6.45, 7) is 5.30. The molecular formula is C26H31N3O4. The van der Waals surface area contributed by atoms with E-state index in [0.29, 0.717) is 42.2 Å². The van der Waals surface area contributed by atoms with E-state index in [4.69, 9.17) is 14.5 Å². The smallest absolute Gasteiger partial charge is 0.266 e. The number of methoxy groups -OCH3 is 1. The summed E-state index contributed by atoms with van der Waals surface area (Å²) >= 11 is 0. The van der Waals surface area contributed by atoms with E-state index in [2.05, 4.69) is 0 Å². The van der Waals surface area contributed by atoms with Crippen LogP contribution in [-0.4, -0.2) is 47.2 Å². The van der Waals surface area contributed by atoms with E-state index in [1.165, 1.54) is 0 Å². The maximum absolute atomic E-state index is 13.6. The molecule has 0 bridgehead atoms. The molecule has 1 aliphatic rings. The summed E-state index contributed by atoms with van der Waals surface area (Å²) < 4.78 is 12.5. The van der Waals surface area contributed by atoms with Crippen LogP contribution in [0.1, 0.15) is 45.0 Å². The van der Waals surface area contributed by atoms with Gasteiger partial charge >= 0.3 is 0 Å². The summed E-state index contributed by atoms with van der Waals surface area (Å²) in [4.78, 5) is 33.6. The number of carbonyl (C=O) groups is 1. The zero-order valence-corrected chi connectivity index (χ0v) is 19.5. The fraction of sp³-hybridized carbons (Fsp3) is 0.423. The van der Waals surface area contributed by atoms with Crippen LogP contribution in [0, 0.1) is 5.92 Å². The quantitative estimate of drug-likeness (QED) is 0.491. The minimum absolute atomic E-state index is 0.0374. The zero-order chi connectivity index (χ0) is 23.4. The molecule has 4 rings (SSSR count). The number of ether oxygens (including phenoxy) is 2. The van der Waals surface area contributed by atoms with Crippen molar-refractivity contribution in [2.75, 3.05) is 26.9 Å². The molecule has 7 nitrogen and oxygen atoms in total. The number of benzene rings is 2. The lowest BCUT2D eigenvalue weighted by molar-refractivity contribution is -0.141. The van der Waals surface area contributed by atoms with E-state index in [9.17, 15) is 9.59 Å². The van der Waals surface area contributed by atoms with Crippen molar-refractivity contribution in [3.63, 3.8) is 0 Å². The zero-order valence-electron chi connectivity index (χ0n) is 19.5. The first-order chi connectivity index (χ1) is 16.0. The molecule has 1 fully saturated rings. The molecule has 0 aliphatic heterocycles. The predicted molar refractivity (Wildman–Crippen MR) is 128 cm³/mol. The number of rotatable bonds is 9. The third kappa shape index (κ3) is 4.64. The Morgan fingerprint density at radius 2 is 1.91 bits per heavy atom. The SMILES string of the molecule is CCOc1ccc(-n2c(C(C)N(CCOC)C(=O)C3CCC3)nc3ccccc3c2=O)cc1. The average molecular weight is 450 g/mol. The first kappa shape index (κ1) is 23.0. The van der Waals surface area contributed by atoms with Gasteiger partial charge in [-0.25, -0.2) is 4.98 Å². The van der Waals surface area contributed by atoms with Crippen LogP contribution in [0.5, 0.6) is 5.75 Å². The first-order valence-electron chi connectivity index (χ1n) is 11.6. The molecule has 1 atom stereocenters. The molecule has 7 heteroatoms. The highest BCUT2D eigenvalue weighted by Crippen LogP contribution is 2.32. The fourth-order valence-electron chi connectivity index (χ4n) is 4.25. The minimum atomic E-state index is -0.405. The number of para-hydroxylation sites is 1. The van der Waals surface area contributed by atoms with Crippen LogP contribution in [0.4, 0.5) is 0 Å². The second kappa shape index (κ2) is 10.2. The number of hydrogen-bond acceptors (Lipinski definition) is 5. The molecule has 0 N–H and O–H groups in total. The molecule has 174 valence electrons. The minimum Gasteiger partial charge on any atom is -0.494 e. The number of amides is 1. The lowest BCUT2D eigenvalue weighted by Crippen LogP contribution is -2.43. The highest BCUT2D eigenvalue weighted by atomic mass is 16.5. The molecule has 2 aromatic carbocycles. The number of nitrogens with zero attached hydrogens (tertiary/aromatic N) is 3. The predicted octanol–water partition coefficient (Wildman–Crippen LogP) is 4.12. The van der Waals surface area contributed by atoms with E-state index < -0.39 is 6.04 Å². The number of hydrogen-bond donors (Lipinski definition) is 0. The van der Waals surface area contributed by atoms with Crippen LogP contribution >= 0.6 is 0 Å². The van der Waals surface area contributed by atoms with Gasteiger partial charge in [-0.05, 0) is 63.1 Å². The molecule has 1 heterocycles. The largest absolute Gasteiger partial charge is 0.494 e. The van der Waals surface area contributed by atoms with Gasteiger partial charge in [-0.15, -0.1) is 0 Å². The van der Waals surface area contributed by atoms with E-state index in [0.717, 1.165) is 25.0 Å². The van der Waals surface area contributed by atoms with Gasteiger partial charge in [0.2, 0.25) is 5.91 Å². The summed E-state index contributed by atoms with van der Waals surface area (Å²) in [5.74, 6) is 1.41. The Hall–Kier alpha value is -3.19. The van der Waals surface area contributed by atoms with Gasteiger partial charge < -0.3 is 14.4 Å². The summed E-state index contributed by atoms with van der Waals surface area (Å²) in [7, 11) is 1.63. The molecule has 1 aliphatic carbocycles. The monoisotopic (exact) mass is 449 g/mol. The molecular weight excluding hydrogens is 418 g/mol. The Morgan fingerprint density at radius 3 is 2.55 bits per heavy atom. The van der Waals surface area contributed by atoms with Gasteiger partial charge in [-0.3, -0.25) is 14.2 Å². The Morgan fingerprint density at radius 1 is 1.18 bits per heavy atom. The lowest BCUT2D eigenvalue weighted by Gasteiger charge is -2.35. The molecule has 0 radical (unpaired) electrons. The highest BCUT2D eigenvalue weighted by molar-refractivity contribution is 5.80. The maximum atomic E-state index is 13.6. The van der Waals surface area contributed by atoms with Gasteiger partial charge in [0, 0.05) is 19.6 Å². The third-order valence-corrected chi connectivity index (χ3v) is 6.32. The average Bonchev–Trinajstić information content (AvgIpc) is 2.79. The first-order valence-corrected chi connectivity index (χ1v) is 11.6. The van der Waals surface area contributed by atoms with Gasteiger partial charge in [0.1, 0.15) is 11.6 Å². The van der Waals surface area contributed by atoms with Gasteiger partial charge in [-0.1, -0.05) is 18.6 Å². The van der Waals surface area contributed by atoms with E-state index in [1.807, 2.05) is 61.2 Å². The van der Waals surface area contributed by atoms with E-state index in [1.54, 1.807) is 17.7 Å². The van der Waals surface area contributed by atoms with Crippen LogP contribution in [0.15, 0.2) is 53.3 Å². The highest BCUT2D eigenvalue weighted by Gasteiger charge is 2.34. The van der Waals surface area contributed by atoms with Gasteiger partial charge in [-0.2, -0.15) is 0 Å². The molecule has 1 unspecified atom stereocenters. The van der Waals surface area contributed by atoms with E-state index >= 15 is 0 Å². The van der Waals surface area contributed by atoms with Gasteiger partial charge in [0.15, 0.2) is 0 Å². The second-order valence-electron chi connectivity index (χ2n) is 8.38. The Bertz CT molecular complexity index is 1170. The standard InChI is InChI=1S/C26H31N3O4/c1-4-33-21-14-12-20(13-15-21)29-24(27-23-11-6-5-10-22(23)26(29)31)18(2)28(16-17-32-3)25(30)19-8-7-9-19/h5-6,10-15,18-19H,4,7-9,16-17H2,1-3H3. The van der Waals surface area contributed by atoms with Crippen LogP contribution in [0.25, 0.3) is 16.6 Å². The van der Waals surface area contributed by atoms with Crippen molar-refractivity contribution in [2.24, 2.45) is 5.92 Å². The van der Waals surface area contributed by atoms with Crippen molar-refractivity contribution >= 4 is 16.8 Å². The molecule has 1 aromatic heterocycles. The lowest BCUT2D eigenvalue weighted by atomic mass is 9.84. The number of carbonyl (C=O) groups excluding carboxylic acids is 1. The van der Waals surface area contributed by atoms with Crippen LogP contribution in [0.2, 0.25) is 0 Å².